The molecule has 5 rings (SSSR count). The lowest BCUT2D eigenvalue weighted by Crippen LogP contribution is -2.66. The number of fused-ring (bicyclic) bond motifs is 7. The lowest BCUT2D eigenvalue weighted by atomic mass is 9.33. The molecule has 0 radical (unpaired) electrons. The molecule has 4 saturated carbocycles. The number of allylic oxidation sites excluding steroid dienone is 2. The minimum atomic E-state index is -0.711. The van der Waals surface area contributed by atoms with Gasteiger partial charge in [0.1, 0.15) is 0 Å². The Balaban J connectivity index is 1.62. The number of carbonyl (C=O) groups is 2. The van der Waals surface area contributed by atoms with Gasteiger partial charge in [0.2, 0.25) is 0 Å². The molecule has 0 aromatic rings. The predicted octanol–water partition coefficient (Wildman–Crippen LogP) is 6.41. The van der Waals surface area contributed by atoms with E-state index in [4.69, 9.17) is 0 Å². The highest BCUT2D eigenvalue weighted by Crippen LogP contribution is 2.75. The van der Waals surface area contributed by atoms with Gasteiger partial charge in [-0.3, -0.25) is 9.59 Å². The van der Waals surface area contributed by atoms with Crippen LogP contribution in [0.3, 0.4) is 0 Å². The van der Waals surface area contributed by atoms with Gasteiger partial charge in [-0.15, -0.1) is 0 Å². The van der Waals surface area contributed by atoms with Gasteiger partial charge in [-0.2, -0.15) is 0 Å². The Morgan fingerprint density at radius 3 is 2.21 bits per heavy atom. The molecule has 0 bridgehead atoms. The minimum absolute atomic E-state index is 0.0296. The average Bonchev–Trinajstić information content (AvgIpc) is 2.73. The van der Waals surface area contributed by atoms with E-state index in [1.54, 1.807) is 0 Å². The maximum atomic E-state index is 14.2. The third-order valence-electron chi connectivity index (χ3n) is 13.1. The Bertz CT molecular complexity index is 965. The lowest BCUT2D eigenvalue weighted by Gasteiger charge is -2.70. The van der Waals surface area contributed by atoms with Gasteiger partial charge in [-0.05, 0) is 110 Å². The van der Waals surface area contributed by atoms with E-state index >= 15 is 0 Å². The molecular formula is C30H46O4. The molecule has 0 amide bonds. The zero-order chi connectivity index (χ0) is 25.1. The van der Waals surface area contributed by atoms with Crippen LogP contribution in [0.4, 0.5) is 0 Å². The number of aliphatic hydroxyl groups is 1. The molecule has 0 spiro atoms. The van der Waals surface area contributed by atoms with E-state index in [1.807, 2.05) is 13.0 Å². The van der Waals surface area contributed by atoms with Crippen LogP contribution in [0.2, 0.25) is 0 Å². The molecule has 4 heteroatoms. The number of aliphatic carboxylic acids is 1. The summed E-state index contributed by atoms with van der Waals surface area (Å²) in [6, 6.07) is 0. The van der Waals surface area contributed by atoms with Crippen molar-refractivity contribution in [1.29, 1.82) is 0 Å². The quantitative estimate of drug-likeness (QED) is 0.464. The van der Waals surface area contributed by atoms with E-state index < -0.39 is 11.4 Å². The van der Waals surface area contributed by atoms with Crippen LogP contribution in [-0.2, 0) is 9.59 Å². The van der Waals surface area contributed by atoms with Crippen molar-refractivity contribution >= 4 is 11.8 Å². The van der Waals surface area contributed by atoms with Gasteiger partial charge in [0.25, 0.3) is 0 Å². The van der Waals surface area contributed by atoms with Crippen LogP contribution in [0.5, 0.6) is 0 Å². The van der Waals surface area contributed by atoms with Crippen LogP contribution in [-0.4, -0.2) is 28.1 Å². The molecular weight excluding hydrogens is 424 g/mol. The van der Waals surface area contributed by atoms with Gasteiger partial charge in [-0.1, -0.05) is 47.1 Å². The van der Waals surface area contributed by atoms with Crippen LogP contribution in [0.25, 0.3) is 0 Å². The summed E-state index contributed by atoms with van der Waals surface area (Å²) < 4.78 is 0. The molecule has 5 aliphatic rings. The normalized spacial score (nSPS) is 54.1. The molecule has 190 valence electrons. The molecule has 2 N–H and O–H groups in total. The predicted molar refractivity (Wildman–Crippen MR) is 133 cm³/mol. The van der Waals surface area contributed by atoms with Crippen molar-refractivity contribution in [1.82, 2.24) is 0 Å². The average molecular weight is 471 g/mol. The van der Waals surface area contributed by atoms with Gasteiger partial charge in [0, 0.05) is 5.92 Å². The highest BCUT2D eigenvalue weighted by Gasteiger charge is 2.70. The number of carboxylic acids is 1. The van der Waals surface area contributed by atoms with Crippen molar-refractivity contribution in [3.05, 3.63) is 11.6 Å². The van der Waals surface area contributed by atoms with E-state index in [9.17, 15) is 19.8 Å². The van der Waals surface area contributed by atoms with Crippen LogP contribution in [0.1, 0.15) is 106 Å². The second-order valence-corrected chi connectivity index (χ2v) is 14.9. The first-order chi connectivity index (χ1) is 15.6. The molecule has 5 aliphatic carbocycles. The Kier molecular flexibility index (Phi) is 5.04. The summed E-state index contributed by atoms with van der Waals surface area (Å²) in [5, 5.41) is 20.9. The summed E-state index contributed by atoms with van der Waals surface area (Å²) in [4.78, 5) is 26.4. The summed E-state index contributed by atoms with van der Waals surface area (Å²) in [5.41, 5.74) is 0.142. The van der Waals surface area contributed by atoms with E-state index in [0.717, 1.165) is 51.4 Å². The number of carbonyl (C=O) groups excluding carboxylic acids is 1. The first kappa shape index (κ1) is 24.5. The number of hydrogen-bond donors (Lipinski definition) is 2. The number of aliphatic hydroxyl groups excluding tert-OH is 1. The van der Waals surface area contributed by atoms with Crippen molar-refractivity contribution < 1.29 is 19.8 Å². The number of ketones is 1. The van der Waals surface area contributed by atoms with Gasteiger partial charge < -0.3 is 10.2 Å². The van der Waals surface area contributed by atoms with Gasteiger partial charge >= 0.3 is 5.97 Å². The summed E-state index contributed by atoms with van der Waals surface area (Å²) in [5.74, 6) is 0.0603. The van der Waals surface area contributed by atoms with E-state index in [-0.39, 0.29) is 50.8 Å². The third kappa shape index (κ3) is 2.81. The molecule has 0 saturated heterocycles. The SMILES string of the molecule is CC1(C)[C@H](O)CC[C@@]2(C)[C@@H]1CC[C@@]1(C)[C@@H]2C(=O)C=C2[C@@H]3C[C@](C)(C(=O)O)CC[C@@]3(C)CC[C@]21C. The molecule has 0 heterocycles. The van der Waals surface area contributed by atoms with E-state index in [0.29, 0.717) is 12.3 Å². The Hall–Kier alpha value is -1.16. The maximum Gasteiger partial charge on any atom is 0.309 e. The van der Waals surface area contributed by atoms with E-state index in [2.05, 4.69) is 41.5 Å². The molecule has 4 fully saturated rings. The minimum Gasteiger partial charge on any atom is -0.481 e. The molecule has 0 unspecified atom stereocenters. The van der Waals surface area contributed by atoms with Crippen LogP contribution >= 0.6 is 0 Å². The number of carboxylic acid groups (broad SMARTS) is 1. The van der Waals surface area contributed by atoms with Crippen LogP contribution < -0.4 is 0 Å². The molecule has 0 aromatic heterocycles. The second kappa shape index (κ2) is 6.99. The lowest BCUT2D eigenvalue weighted by molar-refractivity contribution is -0.202. The summed E-state index contributed by atoms with van der Waals surface area (Å²) in [6.07, 6.45) is 9.95. The maximum absolute atomic E-state index is 14.2. The van der Waals surface area contributed by atoms with Gasteiger partial charge in [0.15, 0.2) is 5.78 Å². The van der Waals surface area contributed by atoms with Crippen molar-refractivity contribution in [2.45, 2.75) is 112 Å². The number of rotatable bonds is 1. The Morgan fingerprint density at radius 1 is 0.912 bits per heavy atom. The zero-order valence-corrected chi connectivity index (χ0v) is 22.5. The fourth-order valence-corrected chi connectivity index (χ4v) is 10.4. The molecule has 4 nitrogen and oxygen atoms in total. The fourth-order valence-electron chi connectivity index (χ4n) is 10.4. The standard InChI is InChI=1S/C30H46O4/c1-25(2)21-8-11-30(7)23(28(21,5)10-9-22(25)32)20(31)16-18-19-17-27(4,24(33)34)13-12-26(19,3)14-15-29(18,30)6/h16,19,21-23,32H,8-15,17H2,1-7H3,(H,33,34)/t19-,21+,22+,23+,26-,27+,28-,29+,30-/m0/s1. The summed E-state index contributed by atoms with van der Waals surface area (Å²) in [6.45, 7) is 15.8. The summed E-state index contributed by atoms with van der Waals surface area (Å²) in [7, 11) is 0. The van der Waals surface area contributed by atoms with Gasteiger partial charge in [-0.25, -0.2) is 0 Å². The topological polar surface area (TPSA) is 74.6 Å². The first-order valence-electron chi connectivity index (χ1n) is 13.7. The largest absolute Gasteiger partial charge is 0.481 e. The smallest absolute Gasteiger partial charge is 0.309 e. The second-order valence-electron chi connectivity index (χ2n) is 14.9. The number of hydrogen-bond acceptors (Lipinski definition) is 3. The van der Waals surface area contributed by atoms with Crippen LogP contribution in [0.15, 0.2) is 11.6 Å². The highest BCUT2D eigenvalue weighted by molar-refractivity contribution is 5.95. The Labute approximate surface area is 206 Å². The van der Waals surface area contributed by atoms with Crippen molar-refractivity contribution in [2.75, 3.05) is 0 Å². The molecule has 0 aromatic carbocycles. The molecule has 0 aliphatic heterocycles. The molecule has 34 heavy (non-hydrogen) atoms. The zero-order valence-electron chi connectivity index (χ0n) is 22.5. The van der Waals surface area contributed by atoms with Crippen molar-refractivity contribution in [3.63, 3.8) is 0 Å². The monoisotopic (exact) mass is 470 g/mol. The third-order valence-corrected chi connectivity index (χ3v) is 13.1. The van der Waals surface area contributed by atoms with Gasteiger partial charge in [0.05, 0.1) is 11.5 Å². The van der Waals surface area contributed by atoms with Crippen LogP contribution in [0, 0.1) is 50.2 Å². The summed E-state index contributed by atoms with van der Waals surface area (Å²) >= 11 is 0. The fraction of sp³-hybridized carbons (Fsp3) is 0.867. The van der Waals surface area contributed by atoms with E-state index in [1.165, 1.54) is 5.57 Å². The highest BCUT2D eigenvalue weighted by atomic mass is 16.4. The first-order valence-corrected chi connectivity index (χ1v) is 13.7. The Morgan fingerprint density at radius 2 is 1.56 bits per heavy atom. The molecule has 9 atom stereocenters. The van der Waals surface area contributed by atoms with Crippen molar-refractivity contribution in [2.24, 2.45) is 50.2 Å². The van der Waals surface area contributed by atoms with Crippen molar-refractivity contribution in [3.8, 4) is 0 Å².